The van der Waals surface area contributed by atoms with Crippen molar-refractivity contribution in [1.29, 1.82) is 0 Å². The zero-order valence-electron chi connectivity index (χ0n) is 12.7. The molecule has 0 heterocycles. The van der Waals surface area contributed by atoms with Gasteiger partial charge in [-0.25, -0.2) is 5.43 Å². The molecule has 0 fully saturated rings. The third kappa shape index (κ3) is 5.78. The number of hydrogen-bond donors (Lipinski definition) is 1. The molecular weight excluding hydrogens is 372 g/mol. The molecule has 5 nitrogen and oxygen atoms in total. The molecule has 0 aliphatic rings. The van der Waals surface area contributed by atoms with E-state index in [1.54, 1.807) is 18.2 Å². The number of para-hydroxylation sites is 1. The number of nitrogens with one attached hydrogen (secondary N) is 1. The van der Waals surface area contributed by atoms with Crippen LogP contribution in [0.2, 0.25) is 0 Å². The van der Waals surface area contributed by atoms with Crippen molar-refractivity contribution in [3.05, 3.63) is 58.6 Å². The Balaban J connectivity index is 1.90. The van der Waals surface area contributed by atoms with Crippen LogP contribution in [0.4, 0.5) is 0 Å². The standard InChI is InChI=1S/C18H15BrN2O3/c1-2-10-23-17-9-8-15(19)11-14(17)12-20-21-18(22)13-24-16-6-4-3-5-7-16/h1,3-9,11-12H,10,13H2,(H,21,22)/b20-12-. The lowest BCUT2D eigenvalue weighted by atomic mass is 10.2. The molecule has 0 aliphatic heterocycles. The first-order valence-corrected chi connectivity index (χ1v) is 7.84. The van der Waals surface area contributed by atoms with E-state index in [4.69, 9.17) is 15.9 Å². The predicted molar refractivity (Wildman–Crippen MR) is 96.1 cm³/mol. The van der Waals surface area contributed by atoms with Crippen LogP contribution in [-0.4, -0.2) is 25.3 Å². The van der Waals surface area contributed by atoms with E-state index in [-0.39, 0.29) is 19.1 Å². The van der Waals surface area contributed by atoms with E-state index in [9.17, 15) is 4.79 Å². The molecule has 2 aromatic carbocycles. The molecule has 2 aromatic rings. The van der Waals surface area contributed by atoms with Gasteiger partial charge in [-0.05, 0) is 30.3 Å². The quantitative estimate of drug-likeness (QED) is 0.452. The second kappa shape index (κ2) is 9.38. The highest BCUT2D eigenvalue weighted by Crippen LogP contribution is 2.21. The molecule has 0 aromatic heterocycles. The van der Waals surface area contributed by atoms with E-state index in [0.29, 0.717) is 17.1 Å². The number of terminal acetylenes is 1. The van der Waals surface area contributed by atoms with Crippen molar-refractivity contribution in [2.45, 2.75) is 0 Å². The number of hydrazone groups is 1. The third-order valence-corrected chi connectivity index (χ3v) is 3.28. The van der Waals surface area contributed by atoms with Crippen molar-refractivity contribution in [3.8, 4) is 23.8 Å². The highest BCUT2D eigenvalue weighted by molar-refractivity contribution is 9.10. The van der Waals surface area contributed by atoms with Gasteiger partial charge in [-0.15, -0.1) is 6.42 Å². The number of carbonyl (C=O) groups excluding carboxylic acids is 1. The average molecular weight is 387 g/mol. The summed E-state index contributed by atoms with van der Waals surface area (Å²) in [5.41, 5.74) is 3.08. The predicted octanol–water partition coefficient (Wildman–Crippen LogP) is 2.99. The molecule has 0 aliphatic carbocycles. The number of rotatable bonds is 7. The molecule has 122 valence electrons. The van der Waals surface area contributed by atoms with Crippen LogP contribution in [0.1, 0.15) is 5.56 Å². The Bertz CT molecular complexity index is 755. The Morgan fingerprint density at radius 3 is 2.79 bits per heavy atom. The topological polar surface area (TPSA) is 59.9 Å². The van der Waals surface area contributed by atoms with Crippen LogP contribution < -0.4 is 14.9 Å². The molecule has 0 spiro atoms. The first kappa shape index (κ1) is 17.6. The number of ether oxygens (including phenoxy) is 2. The summed E-state index contributed by atoms with van der Waals surface area (Å²) in [7, 11) is 0. The summed E-state index contributed by atoms with van der Waals surface area (Å²) in [6, 6.07) is 14.5. The Morgan fingerprint density at radius 1 is 1.25 bits per heavy atom. The van der Waals surface area contributed by atoms with Gasteiger partial charge in [-0.2, -0.15) is 5.10 Å². The summed E-state index contributed by atoms with van der Waals surface area (Å²) in [5.74, 6) is 3.23. The molecular formula is C18H15BrN2O3. The van der Waals surface area contributed by atoms with Gasteiger partial charge >= 0.3 is 0 Å². The first-order chi connectivity index (χ1) is 11.7. The van der Waals surface area contributed by atoms with Gasteiger partial charge in [0.1, 0.15) is 18.1 Å². The molecule has 0 bridgehead atoms. The molecule has 0 unspecified atom stereocenters. The second-order valence-corrected chi connectivity index (χ2v) is 5.49. The van der Waals surface area contributed by atoms with Gasteiger partial charge in [0, 0.05) is 10.0 Å². The zero-order chi connectivity index (χ0) is 17.2. The van der Waals surface area contributed by atoms with Crippen LogP contribution in [0.5, 0.6) is 11.5 Å². The Labute approximate surface area is 148 Å². The van der Waals surface area contributed by atoms with Gasteiger partial charge in [-0.1, -0.05) is 40.0 Å². The molecule has 2 rings (SSSR count). The minimum atomic E-state index is -0.365. The molecule has 0 atom stereocenters. The third-order valence-electron chi connectivity index (χ3n) is 2.79. The van der Waals surface area contributed by atoms with Crippen molar-refractivity contribution in [3.63, 3.8) is 0 Å². The molecule has 24 heavy (non-hydrogen) atoms. The lowest BCUT2D eigenvalue weighted by Gasteiger charge is -2.07. The van der Waals surface area contributed by atoms with Gasteiger partial charge < -0.3 is 9.47 Å². The number of benzene rings is 2. The van der Waals surface area contributed by atoms with E-state index < -0.39 is 0 Å². The van der Waals surface area contributed by atoms with Crippen LogP contribution in [0.25, 0.3) is 0 Å². The maximum absolute atomic E-state index is 11.7. The van der Waals surface area contributed by atoms with Crippen molar-refractivity contribution in [2.24, 2.45) is 5.10 Å². The highest BCUT2D eigenvalue weighted by Gasteiger charge is 2.04. The first-order valence-electron chi connectivity index (χ1n) is 7.04. The lowest BCUT2D eigenvalue weighted by molar-refractivity contribution is -0.123. The van der Waals surface area contributed by atoms with E-state index >= 15 is 0 Å². The fourth-order valence-electron chi connectivity index (χ4n) is 1.74. The lowest BCUT2D eigenvalue weighted by Crippen LogP contribution is -2.24. The summed E-state index contributed by atoms with van der Waals surface area (Å²) in [5, 5.41) is 3.91. The smallest absolute Gasteiger partial charge is 0.277 e. The van der Waals surface area contributed by atoms with Gasteiger partial charge in [0.05, 0.1) is 6.21 Å². The SMILES string of the molecule is C#CCOc1ccc(Br)cc1/C=N\NC(=O)COc1ccccc1. The summed E-state index contributed by atoms with van der Waals surface area (Å²) in [6.07, 6.45) is 6.67. The summed E-state index contributed by atoms with van der Waals surface area (Å²) >= 11 is 3.37. The maximum Gasteiger partial charge on any atom is 0.277 e. The molecule has 0 radical (unpaired) electrons. The van der Waals surface area contributed by atoms with Crippen LogP contribution in [0, 0.1) is 12.3 Å². The average Bonchev–Trinajstić information content (AvgIpc) is 2.60. The van der Waals surface area contributed by atoms with Crippen molar-refractivity contribution in [2.75, 3.05) is 13.2 Å². The fourth-order valence-corrected chi connectivity index (χ4v) is 2.12. The zero-order valence-corrected chi connectivity index (χ0v) is 14.3. The summed E-state index contributed by atoms with van der Waals surface area (Å²) in [6.45, 7) is 0.0278. The Morgan fingerprint density at radius 2 is 2.04 bits per heavy atom. The molecule has 1 amide bonds. The van der Waals surface area contributed by atoms with Crippen molar-refractivity contribution in [1.82, 2.24) is 5.43 Å². The number of halogens is 1. The van der Waals surface area contributed by atoms with Crippen LogP contribution >= 0.6 is 15.9 Å². The minimum absolute atomic E-state index is 0.125. The van der Waals surface area contributed by atoms with Crippen LogP contribution in [-0.2, 0) is 4.79 Å². The largest absolute Gasteiger partial charge is 0.484 e. The van der Waals surface area contributed by atoms with E-state index in [0.717, 1.165) is 4.47 Å². The monoisotopic (exact) mass is 386 g/mol. The second-order valence-electron chi connectivity index (χ2n) is 4.57. The molecule has 0 saturated carbocycles. The molecule has 6 heteroatoms. The molecule has 1 N–H and O–H groups in total. The number of nitrogens with zero attached hydrogens (tertiary/aromatic N) is 1. The van der Waals surface area contributed by atoms with E-state index in [1.807, 2.05) is 30.3 Å². The maximum atomic E-state index is 11.7. The summed E-state index contributed by atoms with van der Waals surface area (Å²) in [4.78, 5) is 11.7. The number of amides is 1. The van der Waals surface area contributed by atoms with Crippen LogP contribution in [0.15, 0.2) is 58.1 Å². The number of hydrogen-bond acceptors (Lipinski definition) is 4. The van der Waals surface area contributed by atoms with Gasteiger partial charge in [0.2, 0.25) is 0 Å². The van der Waals surface area contributed by atoms with Crippen molar-refractivity contribution >= 4 is 28.1 Å². The van der Waals surface area contributed by atoms with E-state index in [1.165, 1.54) is 6.21 Å². The normalized spacial score (nSPS) is 10.2. The van der Waals surface area contributed by atoms with E-state index in [2.05, 4.69) is 32.4 Å². The van der Waals surface area contributed by atoms with Crippen LogP contribution in [0.3, 0.4) is 0 Å². The van der Waals surface area contributed by atoms with Gasteiger partial charge in [0.25, 0.3) is 5.91 Å². The Kier molecular flexibility index (Phi) is 6.87. The summed E-state index contributed by atoms with van der Waals surface area (Å²) < 4.78 is 11.6. The molecule has 0 saturated heterocycles. The minimum Gasteiger partial charge on any atom is -0.484 e. The van der Waals surface area contributed by atoms with Gasteiger partial charge in [-0.3, -0.25) is 4.79 Å². The Hall–Kier alpha value is -2.78. The van der Waals surface area contributed by atoms with Gasteiger partial charge in [0.15, 0.2) is 6.61 Å². The highest BCUT2D eigenvalue weighted by atomic mass is 79.9. The fraction of sp³-hybridized carbons (Fsp3) is 0.111. The van der Waals surface area contributed by atoms with Crippen molar-refractivity contribution < 1.29 is 14.3 Å². The number of carbonyl (C=O) groups is 1.